The Hall–Kier alpha value is -3.33. The van der Waals surface area contributed by atoms with E-state index in [9.17, 15) is 13.2 Å². The lowest BCUT2D eigenvalue weighted by molar-refractivity contribution is 0.102. The number of carbonyl (C=O) groups is 1. The van der Waals surface area contributed by atoms with E-state index in [0.717, 1.165) is 0 Å². The van der Waals surface area contributed by atoms with Crippen LogP contribution < -0.4 is 15.7 Å². The third kappa shape index (κ3) is 4.94. The summed E-state index contributed by atoms with van der Waals surface area (Å²) < 4.78 is 30.9. The first-order chi connectivity index (χ1) is 15.3. The summed E-state index contributed by atoms with van der Waals surface area (Å²) in [5.74, 6) is -0.536. The lowest BCUT2D eigenvalue weighted by atomic mass is 10.1. The van der Waals surface area contributed by atoms with Crippen LogP contribution in [0.2, 0.25) is 10.0 Å². The lowest BCUT2D eigenvalue weighted by Crippen LogP contribution is -2.27. The molecule has 0 aliphatic rings. The molecule has 0 aliphatic heterocycles. The van der Waals surface area contributed by atoms with Gasteiger partial charge in [-0.05, 0) is 60.7 Å². The van der Waals surface area contributed by atoms with Crippen LogP contribution >= 0.6 is 23.2 Å². The van der Waals surface area contributed by atoms with Crippen LogP contribution in [0.15, 0.2) is 93.3 Å². The molecule has 0 unspecified atom stereocenters. The van der Waals surface area contributed by atoms with E-state index < -0.39 is 15.9 Å². The highest BCUT2D eigenvalue weighted by molar-refractivity contribution is 7.89. The van der Waals surface area contributed by atoms with Crippen molar-refractivity contribution >= 4 is 55.8 Å². The third-order valence-electron chi connectivity index (χ3n) is 4.39. The minimum Gasteiger partial charge on any atom is -0.436 e. The van der Waals surface area contributed by atoms with Gasteiger partial charge in [-0.25, -0.2) is 0 Å². The SMILES string of the molecule is O=C(Nc1ccc(Cl)cc1)c1cc2ccccc2o/c1=N/NS(=O)(=O)c1ccc(Cl)cc1. The van der Waals surface area contributed by atoms with E-state index in [1.54, 1.807) is 54.6 Å². The summed E-state index contributed by atoms with van der Waals surface area (Å²) >= 11 is 11.7. The van der Waals surface area contributed by atoms with Gasteiger partial charge in [0.2, 0.25) is 5.55 Å². The summed E-state index contributed by atoms with van der Waals surface area (Å²) in [5.41, 5.74) is 0.769. The maximum atomic E-state index is 12.9. The van der Waals surface area contributed by atoms with Crippen molar-refractivity contribution in [3.63, 3.8) is 0 Å². The molecular weight excluding hydrogens is 473 g/mol. The number of hydrogen-bond donors (Lipinski definition) is 2. The van der Waals surface area contributed by atoms with Crippen LogP contribution in [0.5, 0.6) is 0 Å². The lowest BCUT2D eigenvalue weighted by Gasteiger charge is -2.08. The van der Waals surface area contributed by atoms with Gasteiger partial charge in [-0.3, -0.25) is 4.79 Å². The predicted molar refractivity (Wildman–Crippen MR) is 123 cm³/mol. The molecule has 0 atom stereocenters. The molecule has 4 rings (SSSR count). The zero-order chi connectivity index (χ0) is 22.7. The van der Waals surface area contributed by atoms with Gasteiger partial charge in [0, 0.05) is 21.1 Å². The second-order valence-corrected chi connectivity index (χ2v) is 9.16. The summed E-state index contributed by atoms with van der Waals surface area (Å²) in [6, 6.07) is 20.7. The van der Waals surface area contributed by atoms with Crippen molar-refractivity contribution in [1.29, 1.82) is 0 Å². The summed E-state index contributed by atoms with van der Waals surface area (Å²) in [4.78, 5) is 15.0. The van der Waals surface area contributed by atoms with Crippen molar-refractivity contribution in [3.05, 3.63) is 100 Å². The van der Waals surface area contributed by atoms with E-state index in [4.69, 9.17) is 27.6 Å². The number of rotatable bonds is 5. The molecule has 0 aliphatic carbocycles. The molecule has 0 radical (unpaired) electrons. The van der Waals surface area contributed by atoms with E-state index in [0.29, 0.717) is 26.7 Å². The molecule has 32 heavy (non-hydrogen) atoms. The molecule has 2 N–H and O–H groups in total. The Labute approximate surface area is 193 Å². The molecule has 0 fully saturated rings. The topological polar surface area (TPSA) is 101 Å². The average Bonchev–Trinajstić information content (AvgIpc) is 2.79. The molecule has 3 aromatic carbocycles. The highest BCUT2D eigenvalue weighted by Crippen LogP contribution is 2.17. The third-order valence-corrected chi connectivity index (χ3v) is 6.12. The van der Waals surface area contributed by atoms with E-state index in [1.165, 1.54) is 24.3 Å². The zero-order valence-electron chi connectivity index (χ0n) is 16.2. The smallest absolute Gasteiger partial charge is 0.276 e. The summed E-state index contributed by atoms with van der Waals surface area (Å²) in [6.45, 7) is 0. The molecule has 1 amide bonds. The highest BCUT2D eigenvalue weighted by Gasteiger charge is 2.16. The van der Waals surface area contributed by atoms with Crippen LogP contribution in [0, 0.1) is 0 Å². The maximum Gasteiger partial charge on any atom is 0.276 e. The molecule has 1 aromatic heterocycles. The van der Waals surface area contributed by atoms with E-state index in [1.807, 2.05) is 0 Å². The first-order valence-corrected chi connectivity index (χ1v) is 11.5. The van der Waals surface area contributed by atoms with Crippen molar-refractivity contribution in [3.8, 4) is 0 Å². The fourth-order valence-corrected chi connectivity index (χ4v) is 3.87. The number of sulfonamides is 1. The first kappa shape index (κ1) is 21.9. The normalized spacial score (nSPS) is 12.0. The molecule has 0 spiro atoms. The Bertz CT molecular complexity index is 1470. The quantitative estimate of drug-likeness (QED) is 0.395. The van der Waals surface area contributed by atoms with Gasteiger partial charge < -0.3 is 9.73 Å². The van der Waals surface area contributed by atoms with Gasteiger partial charge in [0.15, 0.2) is 0 Å². The number of amides is 1. The van der Waals surface area contributed by atoms with Crippen LogP contribution in [0.1, 0.15) is 10.4 Å². The van der Waals surface area contributed by atoms with E-state index >= 15 is 0 Å². The van der Waals surface area contributed by atoms with Crippen LogP contribution in [-0.4, -0.2) is 14.3 Å². The molecule has 10 heteroatoms. The van der Waals surface area contributed by atoms with Crippen LogP contribution in [0.4, 0.5) is 5.69 Å². The van der Waals surface area contributed by atoms with Gasteiger partial charge in [0.1, 0.15) is 11.1 Å². The number of hydrogen-bond acceptors (Lipinski definition) is 5. The first-order valence-electron chi connectivity index (χ1n) is 9.23. The van der Waals surface area contributed by atoms with Crippen molar-refractivity contribution in [2.24, 2.45) is 5.10 Å². The Morgan fingerprint density at radius 1 is 0.875 bits per heavy atom. The second-order valence-electron chi connectivity index (χ2n) is 6.62. The molecule has 1 heterocycles. The number of nitrogens with zero attached hydrogens (tertiary/aromatic N) is 1. The van der Waals surface area contributed by atoms with Crippen LogP contribution in [0.3, 0.4) is 0 Å². The number of carbonyl (C=O) groups excluding carboxylic acids is 1. The fourth-order valence-electron chi connectivity index (χ4n) is 2.81. The molecule has 4 aromatic rings. The number of fused-ring (bicyclic) bond motifs is 1. The number of nitrogens with one attached hydrogen (secondary N) is 2. The van der Waals surface area contributed by atoms with Gasteiger partial charge in [0.05, 0.1) is 4.90 Å². The molecule has 0 bridgehead atoms. The van der Waals surface area contributed by atoms with Gasteiger partial charge >= 0.3 is 0 Å². The van der Waals surface area contributed by atoms with E-state index in [-0.39, 0.29) is 16.0 Å². The highest BCUT2D eigenvalue weighted by atomic mass is 35.5. The minimum absolute atomic E-state index is 0.0393. The molecule has 0 saturated carbocycles. The predicted octanol–water partition coefficient (Wildman–Crippen LogP) is 4.79. The van der Waals surface area contributed by atoms with Gasteiger partial charge in [-0.2, -0.15) is 13.2 Å². The van der Waals surface area contributed by atoms with Crippen LogP contribution in [-0.2, 0) is 10.0 Å². The Morgan fingerprint density at radius 3 is 2.19 bits per heavy atom. The zero-order valence-corrected chi connectivity index (χ0v) is 18.6. The van der Waals surface area contributed by atoms with Crippen molar-refractivity contribution in [2.45, 2.75) is 4.90 Å². The molecular formula is C22H15Cl2N3O4S. The monoisotopic (exact) mass is 487 g/mol. The largest absolute Gasteiger partial charge is 0.436 e. The number of para-hydroxylation sites is 1. The maximum absolute atomic E-state index is 12.9. The molecule has 162 valence electrons. The summed E-state index contributed by atoms with van der Waals surface area (Å²) in [7, 11) is -4.02. The van der Waals surface area contributed by atoms with Crippen molar-refractivity contribution < 1.29 is 17.6 Å². The standard InChI is InChI=1S/C22H15Cl2N3O4S/c23-15-5-9-17(10-6-15)25-21(28)19-13-14-3-1-2-4-20(14)31-22(19)26-27-32(29,30)18-11-7-16(24)8-12-18/h1-13,27H,(H,25,28)/b26-22+. The fraction of sp³-hybridized carbons (Fsp3) is 0. The number of benzene rings is 3. The minimum atomic E-state index is -4.02. The van der Waals surface area contributed by atoms with Crippen molar-refractivity contribution in [1.82, 2.24) is 4.83 Å². The Kier molecular flexibility index (Phi) is 6.18. The molecule has 0 saturated heterocycles. The van der Waals surface area contributed by atoms with Gasteiger partial charge in [-0.15, -0.1) is 5.10 Å². The second kappa shape index (κ2) is 9.04. The summed E-state index contributed by atoms with van der Waals surface area (Å²) in [5, 5.41) is 8.17. The van der Waals surface area contributed by atoms with Gasteiger partial charge in [-0.1, -0.05) is 41.4 Å². The van der Waals surface area contributed by atoms with E-state index in [2.05, 4.69) is 15.2 Å². The Balaban J connectivity index is 1.74. The Morgan fingerprint density at radius 2 is 1.50 bits per heavy atom. The number of halogens is 2. The number of anilines is 1. The summed E-state index contributed by atoms with van der Waals surface area (Å²) in [6.07, 6.45) is 0. The molecule has 7 nitrogen and oxygen atoms in total. The van der Waals surface area contributed by atoms with Gasteiger partial charge in [0.25, 0.3) is 15.9 Å². The average molecular weight is 488 g/mol. The van der Waals surface area contributed by atoms with Crippen molar-refractivity contribution in [2.75, 3.05) is 5.32 Å². The van der Waals surface area contributed by atoms with Crippen LogP contribution in [0.25, 0.3) is 11.0 Å².